The summed E-state index contributed by atoms with van der Waals surface area (Å²) < 4.78 is 0. The van der Waals surface area contributed by atoms with Gasteiger partial charge in [0.25, 0.3) is 0 Å². The molecule has 0 heterocycles. The van der Waals surface area contributed by atoms with Crippen LogP contribution in [0.3, 0.4) is 0 Å². The molecule has 5 N–H and O–H groups in total. The Labute approximate surface area is 82.5 Å². The molecule has 0 amide bonds. The minimum Gasteiger partial charge on any atom is -0.478 e. The van der Waals surface area contributed by atoms with Crippen molar-refractivity contribution >= 4 is 17.3 Å². The zero-order valence-corrected chi connectivity index (χ0v) is 8.24. The highest BCUT2D eigenvalue weighted by Gasteiger charge is 2.16. The molecule has 0 aromatic heterocycles. The maximum Gasteiger partial charge on any atom is 0.336 e. The van der Waals surface area contributed by atoms with E-state index in [0.29, 0.717) is 16.9 Å². The van der Waals surface area contributed by atoms with E-state index in [2.05, 4.69) is 0 Å². The van der Waals surface area contributed by atoms with Gasteiger partial charge in [-0.15, -0.1) is 0 Å². The fraction of sp³-hybridized carbons (Fsp3) is 0.300. The molecule has 14 heavy (non-hydrogen) atoms. The number of rotatable bonds is 2. The van der Waals surface area contributed by atoms with Gasteiger partial charge in [-0.1, -0.05) is 13.8 Å². The van der Waals surface area contributed by atoms with Crippen LogP contribution >= 0.6 is 0 Å². The maximum absolute atomic E-state index is 10.9. The number of hydrogen-bond donors (Lipinski definition) is 3. The number of nitrogen functional groups attached to an aromatic ring is 2. The second-order valence-corrected chi connectivity index (χ2v) is 3.49. The van der Waals surface area contributed by atoms with Gasteiger partial charge in [0, 0.05) is 0 Å². The van der Waals surface area contributed by atoms with Gasteiger partial charge in [0.15, 0.2) is 0 Å². The van der Waals surface area contributed by atoms with Crippen molar-refractivity contribution in [3.05, 3.63) is 23.3 Å². The van der Waals surface area contributed by atoms with Crippen molar-refractivity contribution in [3.63, 3.8) is 0 Å². The van der Waals surface area contributed by atoms with Crippen molar-refractivity contribution < 1.29 is 9.90 Å². The van der Waals surface area contributed by atoms with Gasteiger partial charge >= 0.3 is 5.97 Å². The van der Waals surface area contributed by atoms with Crippen LogP contribution in [0.4, 0.5) is 11.4 Å². The molecule has 0 atom stereocenters. The smallest absolute Gasteiger partial charge is 0.336 e. The lowest BCUT2D eigenvalue weighted by Gasteiger charge is -2.14. The first kappa shape index (κ1) is 10.4. The molecule has 0 spiro atoms. The largest absolute Gasteiger partial charge is 0.478 e. The Morgan fingerprint density at radius 2 is 1.93 bits per heavy atom. The Kier molecular flexibility index (Phi) is 2.65. The summed E-state index contributed by atoms with van der Waals surface area (Å²) in [5, 5.41) is 8.93. The average molecular weight is 194 g/mol. The molecule has 0 fully saturated rings. The van der Waals surface area contributed by atoms with E-state index < -0.39 is 5.97 Å². The molecule has 1 aromatic carbocycles. The minimum atomic E-state index is -0.972. The SMILES string of the molecule is CC(C)c1c(C(=O)O)ccc(N)c1N. The Morgan fingerprint density at radius 3 is 2.36 bits per heavy atom. The Balaban J connectivity index is 3.45. The number of anilines is 2. The summed E-state index contributed by atoms with van der Waals surface area (Å²) in [6.45, 7) is 3.77. The van der Waals surface area contributed by atoms with Gasteiger partial charge in [0.2, 0.25) is 0 Å². The minimum absolute atomic E-state index is 0.0459. The normalized spacial score (nSPS) is 10.5. The zero-order valence-electron chi connectivity index (χ0n) is 8.24. The van der Waals surface area contributed by atoms with E-state index in [-0.39, 0.29) is 11.5 Å². The van der Waals surface area contributed by atoms with E-state index in [9.17, 15) is 4.79 Å². The molecule has 1 rings (SSSR count). The van der Waals surface area contributed by atoms with Crippen LogP contribution in [-0.4, -0.2) is 11.1 Å². The zero-order chi connectivity index (χ0) is 10.9. The van der Waals surface area contributed by atoms with Crippen molar-refractivity contribution in [2.75, 3.05) is 11.5 Å². The fourth-order valence-electron chi connectivity index (χ4n) is 1.46. The third-order valence-corrected chi connectivity index (χ3v) is 2.13. The van der Waals surface area contributed by atoms with Crippen molar-refractivity contribution in [1.82, 2.24) is 0 Å². The molecule has 0 aliphatic heterocycles. The van der Waals surface area contributed by atoms with E-state index in [4.69, 9.17) is 16.6 Å². The number of hydrogen-bond acceptors (Lipinski definition) is 3. The quantitative estimate of drug-likeness (QED) is 0.625. The lowest BCUT2D eigenvalue weighted by Crippen LogP contribution is -2.09. The molecule has 1 aromatic rings. The van der Waals surface area contributed by atoms with Crippen LogP contribution < -0.4 is 11.5 Å². The third kappa shape index (κ3) is 1.64. The molecular formula is C10H14N2O2. The Hall–Kier alpha value is -1.71. The molecule has 0 unspecified atom stereocenters. The highest BCUT2D eigenvalue weighted by Crippen LogP contribution is 2.30. The van der Waals surface area contributed by atoms with Crippen LogP contribution in [0.1, 0.15) is 35.7 Å². The molecule has 4 heteroatoms. The molecule has 0 aliphatic carbocycles. The van der Waals surface area contributed by atoms with Gasteiger partial charge in [0.05, 0.1) is 16.9 Å². The standard InChI is InChI=1S/C10H14N2O2/c1-5(2)8-6(10(13)14)3-4-7(11)9(8)12/h3-5H,11-12H2,1-2H3,(H,13,14). The molecule has 0 aliphatic rings. The van der Waals surface area contributed by atoms with Crippen molar-refractivity contribution in [1.29, 1.82) is 0 Å². The monoisotopic (exact) mass is 194 g/mol. The number of aromatic carboxylic acids is 1. The van der Waals surface area contributed by atoms with Crippen LogP contribution in [0.2, 0.25) is 0 Å². The Morgan fingerprint density at radius 1 is 1.36 bits per heavy atom. The maximum atomic E-state index is 10.9. The number of nitrogens with two attached hydrogens (primary N) is 2. The lowest BCUT2D eigenvalue weighted by molar-refractivity contribution is 0.0695. The van der Waals surface area contributed by atoms with E-state index in [1.54, 1.807) is 0 Å². The number of benzene rings is 1. The number of carbonyl (C=O) groups is 1. The first-order chi connectivity index (χ1) is 6.45. The van der Waals surface area contributed by atoms with Gasteiger partial charge in [-0.3, -0.25) is 0 Å². The molecular weight excluding hydrogens is 180 g/mol. The summed E-state index contributed by atoms with van der Waals surface area (Å²) in [7, 11) is 0. The van der Waals surface area contributed by atoms with Crippen LogP contribution in [0, 0.1) is 0 Å². The summed E-state index contributed by atoms with van der Waals surface area (Å²) in [6.07, 6.45) is 0. The lowest BCUT2D eigenvalue weighted by atomic mass is 9.94. The van der Waals surface area contributed by atoms with Crippen LogP contribution in [0.5, 0.6) is 0 Å². The molecule has 0 bridgehead atoms. The highest BCUT2D eigenvalue weighted by atomic mass is 16.4. The molecule has 0 radical (unpaired) electrons. The number of carboxylic acid groups (broad SMARTS) is 1. The summed E-state index contributed by atoms with van der Waals surface area (Å²) in [6, 6.07) is 3.01. The van der Waals surface area contributed by atoms with Crippen LogP contribution in [-0.2, 0) is 0 Å². The average Bonchev–Trinajstić information content (AvgIpc) is 2.08. The predicted octanol–water partition coefficient (Wildman–Crippen LogP) is 1.67. The molecule has 76 valence electrons. The fourth-order valence-corrected chi connectivity index (χ4v) is 1.46. The van der Waals surface area contributed by atoms with Gasteiger partial charge in [0.1, 0.15) is 0 Å². The van der Waals surface area contributed by atoms with E-state index in [1.165, 1.54) is 12.1 Å². The second-order valence-electron chi connectivity index (χ2n) is 3.49. The van der Waals surface area contributed by atoms with E-state index >= 15 is 0 Å². The number of carboxylic acids is 1. The van der Waals surface area contributed by atoms with Gasteiger partial charge in [-0.05, 0) is 23.6 Å². The Bertz CT molecular complexity index is 373. The third-order valence-electron chi connectivity index (χ3n) is 2.13. The summed E-state index contributed by atoms with van der Waals surface area (Å²) >= 11 is 0. The molecule has 4 nitrogen and oxygen atoms in total. The summed E-state index contributed by atoms with van der Waals surface area (Å²) in [4.78, 5) is 10.9. The summed E-state index contributed by atoms with van der Waals surface area (Å²) in [5.74, 6) is -0.926. The van der Waals surface area contributed by atoms with Gasteiger partial charge in [-0.2, -0.15) is 0 Å². The van der Waals surface area contributed by atoms with Crippen molar-refractivity contribution in [3.8, 4) is 0 Å². The van der Waals surface area contributed by atoms with Gasteiger partial charge in [-0.25, -0.2) is 4.79 Å². The first-order valence-corrected chi connectivity index (χ1v) is 4.36. The van der Waals surface area contributed by atoms with Crippen LogP contribution in [0.25, 0.3) is 0 Å². The highest BCUT2D eigenvalue weighted by molar-refractivity contribution is 5.93. The first-order valence-electron chi connectivity index (χ1n) is 4.36. The molecule has 0 saturated heterocycles. The molecule has 0 saturated carbocycles. The summed E-state index contributed by atoms with van der Waals surface area (Å²) in [5.41, 5.74) is 13.0. The van der Waals surface area contributed by atoms with E-state index in [1.807, 2.05) is 13.8 Å². The predicted molar refractivity (Wildman–Crippen MR) is 56.3 cm³/mol. The van der Waals surface area contributed by atoms with Crippen molar-refractivity contribution in [2.24, 2.45) is 0 Å². The van der Waals surface area contributed by atoms with Crippen LogP contribution in [0.15, 0.2) is 12.1 Å². The topological polar surface area (TPSA) is 89.3 Å². The van der Waals surface area contributed by atoms with E-state index in [0.717, 1.165) is 0 Å². The second kappa shape index (κ2) is 3.57. The van der Waals surface area contributed by atoms with Gasteiger partial charge < -0.3 is 16.6 Å². The van der Waals surface area contributed by atoms with Crippen molar-refractivity contribution in [2.45, 2.75) is 19.8 Å².